The number of rotatable bonds is 2. The van der Waals surface area contributed by atoms with Gasteiger partial charge in [-0.05, 0) is 13.8 Å². The molecule has 0 aromatic carbocycles. The van der Waals surface area contributed by atoms with E-state index in [1.54, 1.807) is 13.8 Å². The maximum absolute atomic E-state index is 10.5. The van der Waals surface area contributed by atoms with Gasteiger partial charge in [0.25, 0.3) is 0 Å². The molecule has 0 aromatic rings. The molecule has 0 bridgehead atoms. The van der Waals surface area contributed by atoms with E-state index in [4.69, 9.17) is 16.7 Å². The lowest BCUT2D eigenvalue weighted by Gasteiger charge is -2.13. The predicted molar refractivity (Wildman–Crippen MR) is 39.6 cm³/mol. The summed E-state index contributed by atoms with van der Waals surface area (Å²) in [6.45, 7) is 3.09. The van der Waals surface area contributed by atoms with E-state index in [1.807, 2.05) is 0 Å². The molecule has 0 heterocycles. The number of hydrogen-bond acceptors (Lipinski definition) is 3. The zero-order valence-electron chi connectivity index (χ0n) is 5.35. The quantitative estimate of drug-likeness (QED) is 0.498. The molecule has 0 saturated carbocycles. The number of halogens is 1. The topological polar surface area (TPSA) is 37.3 Å². The summed E-state index contributed by atoms with van der Waals surface area (Å²) in [5, 5.41) is 8.80. The first-order valence-corrected chi connectivity index (χ1v) is 3.81. The number of aliphatic hydroxyl groups is 1. The second-order valence-electron chi connectivity index (χ2n) is 2.05. The van der Waals surface area contributed by atoms with Gasteiger partial charge < -0.3 is 5.11 Å². The number of hydrogen-bond donors (Lipinski definition) is 1. The van der Waals surface area contributed by atoms with Crippen molar-refractivity contribution < 1.29 is 9.90 Å². The van der Waals surface area contributed by atoms with Crippen molar-refractivity contribution in [3.05, 3.63) is 0 Å². The molecule has 2 nitrogen and oxygen atoms in total. The van der Waals surface area contributed by atoms with Crippen molar-refractivity contribution in [1.29, 1.82) is 0 Å². The Kier molecular flexibility index (Phi) is 3.54. The fraction of sp³-hybridized carbons (Fsp3) is 0.800. The molecular formula is C5H9ClO2S. The van der Waals surface area contributed by atoms with Gasteiger partial charge in [-0.15, -0.1) is 11.6 Å². The number of carbonyl (C=O) groups is 1. The Bertz CT molecular complexity index is 108. The van der Waals surface area contributed by atoms with Crippen LogP contribution in [0.2, 0.25) is 0 Å². The van der Waals surface area contributed by atoms with Crippen LogP contribution in [0.5, 0.6) is 0 Å². The maximum Gasteiger partial charge on any atom is 0.206 e. The maximum atomic E-state index is 10.5. The lowest BCUT2D eigenvalue weighted by atomic mass is 10.5. The molecule has 0 saturated heterocycles. The summed E-state index contributed by atoms with van der Waals surface area (Å²) in [7, 11) is 0. The summed E-state index contributed by atoms with van der Waals surface area (Å²) in [4.78, 5) is 9.50. The third-order valence-electron chi connectivity index (χ3n) is 0.473. The largest absolute Gasteiger partial charge is 0.380 e. The van der Waals surface area contributed by atoms with Gasteiger partial charge in [-0.25, -0.2) is 0 Å². The van der Waals surface area contributed by atoms with Gasteiger partial charge in [-0.3, -0.25) is 4.79 Å². The van der Waals surface area contributed by atoms with Crippen LogP contribution in [0, 0.1) is 0 Å². The van der Waals surface area contributed by atoms with E-state index in [1.165, 1.54) is 0 Å². The van der Waals surface area contributed by atoms with E-state index in [0.717, 1.165) is 11.8 Å². The molecule has 4 heteroatoms. The third kappa shape index (κ3) is 6.15. The Morgan fingerprint density at radius 3 is 2.33 bits per heavy atom. The molecule has 9 heavy (non-hydrogen) atoms. The first kappa shape index (κ1) is 9.27. The third-order valence-corrected chi connectivity index (χ3v) is 1.75. The highest BCUT2D eigenvalue weighted by molar-refractivity contribution is 8.14. The van der Waals surface area contributed by atoms with Crippen molar-refractivity contribution in [1.82, 2.24) is 0 Å². The summed E-state index contributed by atoms with van der Waals surface area (Å²) in [5.74, 6) is -0.0470. The van der Waals surface area contributed by atoms with Crippen molar-refractivity contribution in [2.75, 3.05) is 5.88 Å². The van der Waals surface area contributed by atoms with Crippen molar-refractivity contribution in [3.63, 3.8) is 0 Å². The van der Waals surface area contributed by atoms with Crippen molar-refractivity contribution in [2.45, 2.75) is 18.8 Å². The summed E-state index contributed by atoms with van der Waals surface area (Å²) in [6.07, 6.45) is 0. The van der Waals surface area contributed by atoms with Gasteiger partial charge in [-0.2, -0.15) is 0 Å². The fourth-order valence-corrected chi connectivity index (χ4v) is 1.08. The molecule has 0 aliphatic carbocycles. The average Bonchev–Trinajstić information content (AvgIpc) is 1.62. The molecule has 0 aliphatic heterocycles. The second kappa shape index (κ2) is 3.44. The molecule has 0 unspecified atom stereocenters. The molecule has 0 rings (SSSR count). The normalized spacial score (nSPS) is 11.6. The zero-order valence-corrected chi connectivity index (χ0v) is 6.92. The minimum Gasteiger partial charge on any atom is -0.380 e. The zero-order chi connectivity index (χ0) is 7.49. The number of carbonyl (C=O) groups excluding carboxylic acids is 1. The van der Waals surface area contributed by atoms with Crippen molar-refractivity contribution in [3.8, 4) is 0 Å². The van der Waals surface area contributed by atoms with Gasteiger partial charge in [0.15, 0.2) is 0 Å². The highest BCUT2D eigenvalue weighted by Crippen LogP contribution is 2.21. The van der Waals surface area contributed by atoms with Crippen LogP contribution < -0.4 is 0 Å². The Hall–Kier alpha value is 0.270. The van der Waals surface area contributed by atoms with Gasteiger partial charge >= 0.3 is 0 Å². The van der Waals surface area contributed by atoms with Crippen molar-refractivity contribution >= 4 is 28.5 Å². The Morgan fingerprint density at radius 1 is 1.78 bits per heavy atom. The van der Waals surface area contributed by atoms with Crippen LogP contribution in [0.4, 0.5) is 0 Å². The molecule has 0 fully saturated rings. The molecule has 0 atom stereocenters. The summed E-state index contributed by atoms with van der Waals surface area (Å²) < 4.78 is 0. The predicted octanol–water partition coefficient (Wildman–Crippen LogP) is 1.21. The van der Waals surface area contributed by atoms with Crippen LogP contribution in [0.1, 0.15) is 13.8 Å². The van der Waals surface area contributed by atoms with Gasteiger partial charge in [0.2, 0.25) is 5.12 Å². The minimum atomic E-state index is -0.994. The molecular weight excluding hydrogens is 160 g/mol. The van der Waals surface area contributed by atoms with E-state index in [9.17, 15) is 4.79 Å². The smallest absolute Gasteiger partial charge is 0.206 e. The molecule has 1 N–H and O–H groups in total. The number of thioether (sulfide) groups is 1. The van der Waals surface area contributed by atoms with E-state index in [2.05, 4.69) is 0 Å². The average molecular weight is 169 g/mol. The van der Waals surface area contributed by atoms with Gasteiger partial charge in [0.1, 0.15) is 4.93 Å². The molecule has 0 amide bonds. The molecule has 0 radical (unpaired) electrons. The lowest BCUT2D eigenvalue weighted by Crippen LogP contribution is -2.16. The highest BCUT2D eigenvalue weighted by atomic mass is 35.5. The first-order valence-electron chi connectivity index (χ1n) is 2.46. The molecule has 54 valence electrons. The van der Waals surface area contributed by atoms with Crippen LogP contribution in [-0.2, 0) is 4.79 Å². The monoisotopic (exact) mass is 168 g/mol. The van der Waals surface area contributed by atoms with Gasteiger partial charge in [0.05, 0.1) is 5.88 Å². The van der Waals surface area contributed by atoms with Crippen LogP contribution in [0.15, 0.2) is 0 Å². The van der Waals surface area contributed by atoms with E-state index in [-0.39, 0.29) is 11.0 Å². The van der Waals surface area contributed by atoms with Gasteiger partial charge in [-0.1, -0.05) is 11.8 Å². The fourth-order valence-electron chi connectivity index (χ4n) is 0.306. The van der Waals surface area contributed by atoms with E-state index < -0.39 is 4.93 Å². The van der Waals surface area contributed by atoms with E-state index >= 15 is 0 Å². The molecule has 0 aromatic heterocycles. The summed E-state index contributed by atoms with van der Waals surface area (Å²) in [5.41, 5.74) is 0. The summed E-state index contributed by atoms with van der Waals surface area (Å²) in [6, 6.07) is 0. The highest BCUT2D eigenvalue weighted by Gasteiger charge is 2.17. The van der Waals surface area contributed by atoms with Crippen LogP contribution in [0.25, 0.3) is 0 Å². The van der Waals surface area contributed by atoms with E-state index in [0.29, 0.717) is 0 Å². The SMILES string of the molecule is CC(C)(O)SC(=O)CCl. The Morgan fingerprint density at radius 2 is 2.22 bits per heavy atom. The summed E-state index contributed by atoms with van der Waals surface area (Å²) >= 11 is 6.02. The van der Waals surface area contributed by atoms with Crippen LogP contribution in [-0.4, -0.2) is 21.0 Å². The molecule has 0 spiro atoms. The standard InChI is InChI=1S/C5H9ClO2S/c1-5(2,8)9-4(7)3-6/h8H,3H2,1-2H3. The van der Waals surface area contributed by atoms with Crippen molar-refractivity contribution in [2.24, 2.45) is 0 Å². The first-order chi connectivity index (χ1) is 3.95. The lowest BCUT2D eigenvalue weighted by molar-refractivity contribution is -0.109. The molecule has 0 aliphatic rings. The van der Waals surface area contributed by atoms with Crippen LogP contribution in [0.3, 0.4) is 0 Å². The second-order valence-corrected chi connectivity index (χ2v) is 3.98. The van der Waals surface area contributed by atoms with Crippen LogP contribution >= 0.6 is 23.4 Å². The number of alkyl halides is 1. The van der Waals surface area contributed by atoms with Gasteiger partial charge in [0, 0.05) is 0 Å². The Balaban J connectivity index is 3.60. The Labute approximate surface area is 63.6 Å². The minimum absolute atomic E-state index is 0.0470.